The number of aliphatic hydroxyl groups is 8. The van der Waals surface area contributed by atoms with Crippen LogP contribution in [0, 0.1) is 0 Å². The van der Waals surface area contributed by atoms with Crippen LogP contribution < -0.4 is 15.8 Å². The summed E-state index contributed by atoms with van der Waals surface area (Å²) in [6.07, 6.45) is -16.5. The molecule has 3 aliphatic heterocycles. The fourth-order valence-electron chi connectivity index (χ4n) is 4.27. The lowest BCUT2D eigenvalue weighted by Crippen LogP contribution is -2.69. The smallest absolute Gasteiger partial charge is 0.177 e. The highest BCUT2D eigenvalue weighted by atomic mass is 79.9. The van der Waals surface area contributed by atoms with E-state index < -0.39 is 112 Å². The summed E-state index contributed by atoms with van der Waals surface area (Å²) in [7, 11) is 0. The summed E-state index contributed by atoms with van der Waals surface area (Å²) in [5, 5.41) is 80.3. The van der Waals surface area contributed by atoms with Crippen LogP contribution in [0.25, 0.3) is 0 Å². The normalized spacial score (nSPS) is 51.3. The van der Waals surface area contributed by atoms with Crippen LogP contribution >= 0.6 is 16.1 Å². The van der Waals surface area contributed by atoms with Crippen LogP contribution in [0.5, 0.6) is 0 Å². The number of halogens is 1. The number of ether oxygens (including phenoxy) is 5. The Morgan fingerprint density at radius 2 is 1.17 bits per heavy atom. The lowest BCUT2D eigenvalue weighted by atomic mass is 9.94. The zero-order valence-corrected chi connectivity index (χ0v) is 20.0. The van der Waals surface area contributed by atoms with Crippen molar-refractivity contribution in [2.24, 2.45) is 11.5 Å². The lowest BCUT2D eigenvalue weighted by molar-refractivity contribution is -0.349. The van der Waals surface area contributed by atoms with E-state index in [1.54, 1.807) is 0 Å². The molecule has 17 heteroatoms. The second-order valence-electron chi connectivity index (χ2n) is 8.65. The number of rotatable bonds is 8. The van der Waals surface area contributed by atoms with Gasteiger partial charge in [0.25, 0.3) is 0 Å². The molecular formula is C18H34BrN3O13. The van der Waals surface area contributed by atoms with Crippen molar-refractivity contribution in [3.05, 3.63) is 0 Å². The average Bonchev–Trinajstić information content (AvgIpc) is 2.85. The molecule has 0 aromatic carbocycles. The van der Waals surface area contributed by atoms with Gasteiger partial charge < -0.3 is 76.0 Å². The van der Waals surface area contributed by atoms with Gasteiger partial charge in [0.05, 0.1) is 37.9 Å². The van der Waals surface area contributed by atoms with Gasteiger partial charge in [-0.1, -0.05) is 0 Å². The molecule has 0 radical (unpaired) electrons. The van der Waals surface area contributed by atoms with Gasteiger partial charge in [-0.25, -0.2) is 4.34 Å². The first-order valence-electron chi connectivity index (χ1n) is 11.0. The molecule has 3 aliphatic rings. The summed E-state index contributed by atoms with van der Waals surface area (Å²) in [6.45, 7) is -1.97. The van der Waals surface area contributed by atoms with E-state index in [-0.39, 0.29) is 0 Å². The van der Waals surface area contributed by atoms with E-state index in [4.69, 9.17) is 35.2 Å². The lowest BCUT2D eigenvalue weighted by Gasteiger charge is -2.49. The third-order valence-electron chi connectivity index (χ3n) is 6.41. The molecule has 3 heterocycles. The predicted molar refractivity (Wildman–Crippen MR) is 115 cm³/mol. The largest absolute Gasteiger partial charge is 0.394 e. The Morgan fingerprint density at radius 3 is 1.74 bits per heavy atom. The summed E-state index contributed by atoms with van der Waals surface area (Å²) >= 11 is 3.01. The van der Waals surface area contributed by atoms with Crippen molar-refractivity contribution in [1.82, 2.24) is 4.34 Å². The van der Waals surface area contributed by atoms with Crippen molar-refractivity contribution in [2.45, 2.75) is 91.9 Å². The SMILES string of the molecule is N[C@H]1[C@H](OC2[C@@H](CO)O[C@@H](OC3[C@@H](CO)O[C@@H](O)[C@H](N)[C@H]3O)[C@H](NBr)[C@H]2O)O[C@H](CO)[C@@H](O)[C@@H]1O. The molecule has 3 rings (SSSR count). The van der Waals surface area contributed by atoms with Crippen LogP contribution in [-0.2, 0) is 23.7 Å². The Balaban J connectivity index is 1.76. The number of aliphatic hydroxyl groups excluding tert-OH is 8. The molecule has 0 aromatic heterocycles. The van der Waals surface area contributed by atoms with Gasteiger partial charge >= 0.3 is 0 Å². The van der Waals surface area contributed by atoms with E-state index in [0.717, 1.165) is 0 Å². The van der Waals surface area contributed by atoms with Gasteiger partial charge in [0.1, 0.15) is 54.9 Å². The van der Waals surface area contributed by atoms with E-state index in [9.17, 15) is 40.9 Å². The molecule has 0 saturated carbocycles. The summed E-state index contributed by atoms with van der Waals surface area (Å²) in [6, 6.07) is -3.64. The van der Waals surface area contributed by atoms with E-state index in [2.05, 4.69) is 20.5 Å². The van der Waals surface area contributed by atoms with E-state index >= 15 is 0 Å². The van der Waals surface area contributed by atoms with Crippen LogP contribution in [0.3, 0.4) is 0 Å². The average molecular weight is 580 g/mol. The highest BCUT2D eigenvalue weighted by Gasteiger charge is 2.53. The molecule has 0 bridgehead atoms. The van der Waals surface area contributed by atoms with E-state index in [1.165, 1.54) is 0 Å². The Labute approximate surface area is 208 Å². The second-order valence-corrected chi connectivity index (χ2v) is 9.11. The molecule has 2 unspecified atom stereocenters. The molecule has 35 heavy (non-hydrogen) atoms. The van der Waals surface area contributed by atoms with E-state index in [1.807, 2.05) is 0 Å². The molecule has 3 fully saturated rings. The van der Waals surface area contributed by atoms with Crippen LogP contribution in [0.2, 0.25) is 0 Å². The van der Waals surface area contributed by atoms with E-state index in [0.29, 0.717) is 0 Å². The number of nitrogens with two attached hydrogens (primary N) is 2. The van der Waals surface area contributed by atoms with Crippen LogP contribution in [-0.4, -0.2) is 153 Å². The van der Waals surface area contributed by atoms with Crippen LogP contribution in [0.1, 0.15) is 0 Å². The zero-order valence-electron chi connectivity index (χ0n) is 18.4. The third-order valence-corrected chi connectivity index (χ3v) is 6.94. The Bertz CT molecular complexity index is 669. The van der Waals surface area contributed by atoms with Crippen molar-refractivity contribution in [3.63, 3.8) is 0 Å². The predicted octanol–water partition coefficient (Wildman–Crippen LogP) is -6.73. The topological polar surface area (TPSA) is 272 Å². The first-order chi connectivity index (χ1) is 16.6. The maximum Gasteiger partial charge on any atom is 0.177 e. The zero-order chi connectivity index (χ0) is 26.0. The van der Waals surface area contributed by atoms with Gasteiger partial charge in [-0.2, -0.15) is 0 Å². The molecule has 15 atom stereocenters. The number of hydrogen-bond acceptors (Lipinski definition) is 16. The fourth-order valence-corrected chi connectivity index (χ4v) is 4.76. The summed E-state index contributed by atoms with van der Waals surface area (Å²) in [5.41, 5.74) is 11.6. The van der Waals surface area contributed by atoms with Gasteiger partial charge in [-0.15, -0.1) is 0 Å². The van der Waals surface area contributed by atoms with Crippen molar-refractivity contribution in [1.29, 1.82) is 0 Å². The van der Waals surface area contributed by atoms with Gasteiger partial charge in [-0.05, 0) is 0 Å². The van der Waals surface area contributed by atoms with Gasteiger partial charge in [0.15, 0.2) is 18.9 Å². The molecule has 16 nitrogen and oxygen atoms in total. The minimum Gasteiger partial charge on any atom is -0.394 e. The summed E-state index contributed by atoms with van der Waals surface area (Å²) < 4.78 is 30.4. The van der Waals surface area contributed by atoms with Crippen molar-refractivity contribution in [3.8, 4) is 0 Å². The van der Waals surface area contributed by atoms with Crippen molar-refractivity contribution >= 4 is 16.1 Å². The Morgan fingerprint density at radius 1 is 0.657 bits per heavy atom. The van der Waals surface area contributed by atoms with Crippen LogP contribution in [0.15, 0.2) is 0 Å². The van der Waals surface area contributed by atoms with Crippen molar-refractivity contribution in [2.75, 3.05) is 19.8 Å². The highest BCUT2D eigenvalue weighted by molar-refractivity contribution is 9.08. The molecule has 0 spiro atoms. The first-order valence-corrected chi connectivity index (χ1v) is 11.8. The molecule has 206 valence electrons. The fraction of sp³-hybridized carbons (Fsp3) is 1.00. The molecule has 13 N–H and O–H groups in total. The van der Waals surface area contributed by atoms with Crippen molar-refractivity contribution < 1.29 is 64.5 Å². The molecule has 3 saturated heterocycles. The standard InChI is InChI=1S/C18H34BrN3O13/c19-22-9-13(29)15(34-17-8(21)11(27)10(26)4(1-23)32-17)6(3-25)33-18(9)35-14-5(2-24)31-16(30)7(20)12(14)28/h4-18,22-30H,1-3,20-21H2/t4-,5-,6-,7-,8-,9-,10-,11-,12-,13-,14?,15?,16-,17+,18+/m1/s1. The van der Waals surface area contributed by atoms with Crippen LogP contribution in [0.4, 0.5) is 0 Å². The highest BCUT2D eigenvalue weighted by Crippen LogP contribution is 2.31. The van der Waals surface area contributed by atoms with Gasteiger partial charge in [0.2, 0.25) is 0 Å². The molecular weight excluding hydrogens is 546 g/mol. The van der Waals surface area contributed by atoms with Gasteiger partial charge in [-0.3, -0.25) is 0 Å². The quantitative estimate of drug-likeness (QED) is 0.119. The maximum absolute atomic E-state index is 11.0. The summed E-state index contributed by atoms with van der Waals surface area (Å²) in [4.78, 5) is 0. The first kappa shape index (κ1) is 29.4. The monoisotopic (exact) mass is 579 g/mol. The minimum absolute atomic E-state index is 0.639. The number of nitrogens with one attached hydrogen (secondary N) is 1. The Hall–Kier alpha value is -0.160. The molecule has 0 aromatic rings. The third kappa shape index (κ3) is 5.96. The number of hydrogen-bond donors (Lipinski definition) is 11. The minimum atomic E-state index is -1.55. The maximum atomic E-state index is 11.0. The second kappa shape index (κ2) is 12.6. The Kier molecular flexibility index (Phi) is 10.6. The molecule has 0 aliphatic carbocycles. The summed E-state index contributed by atoms with van der Waals surface area (Å²) in [5.74, 6) is 0. The van der Waals surface area contributed by atoms with Gasteiger partial charge in [0, 0.05) is 16.1 Å². The molecule has 0 amide bonds.